The quantitative estimate of drug-likeness (QED) is 0.436. The summed E-state index contributed by atoms with van der Waals surface area (Å²) in [5, 5.41) is 19.4. The SMILES string of the molecule is CC(C)(C)C(C(=O)O)[C@@H](CCCC1CCCCC1)c1nc(CNS(=O)(=O)c2ncn[nH]2)no1. The Bertz CT molecular complexity index is 993. The first-order chi connectivity index (χ1) is 15.6. The molecule has 1 saturated carbocycles. The summed E-state index contributed by atoms with van der Waals surface area (Å²) in [4.78, 5) is 20.2. The van der Waals surface area contributed by atoms with Crippen molar-refractivity contribution in [1.82, 2.24) is 30.0 Å². The number of nitrogens with one attached hydrogen (secondary N) is 2. The van der Waals surface area contributed by atoms with Crippen molar-refractivity contribution >= 4 is 16.0 Å². The highest BCUT2D eigenvalue weighted by Gasteiger charge is 2.41. The van der Waals surface area contributed by atoms with Crippen LogP contribution in [0.3, 0.4) is 0 Å². The number of hydrogen-bond donors (Lipinski definition) is 3. The van der Waals surface area contributed by atoms with Gasteiger partial charge in [-0.05, 0) is 17.8 Å². The summed E-state index contributed by atoms with van der Waals surface area (Å²) in [6, 6.07) is 0. The van der Waals surface area contributed by atoms with Crippen LogP contribution in [0.15, 0.2) is 16.0 Å². The van der Waals surface area contributed by atoms with Gasteiger partial charge in [-0.15, -0.1) is 0 Å². The van der Waals surface area contributed by atoms with Gasteiger partial charge in [0.1, 0.15) is 6.33 Å². The van der Waals surface area contributed by atoms with E-state index < -0.39 is 33.2 Å². The van der Waals surface area contributed by atoms with E-state index in [2.05, 4.69) is 30.0 Å². The van der Waals surface area contributed by atoms with Gasteiger partial charge in [0.2, 0.25) is 5.89 Å². The minimum atomic E-state index is -3.90. The number of sulfonamides is 1. The van der Waals surface area contributed by atoms with Crippen LogP contribution in [-0.4, -0.2) is 44.8 Å². The topological polar surface area (TPSA) is 164 Å². The van der Waals surface area contributed by atoms with Crippen LogP contribution in [0.25, 0.3) is 0 Å². The lowest BCUT2D eigenvalue weighted by Gasteiger charge is -2.32. The van der Waals surface area contributed by atoms with Gasteiger partial charge < -0.3 is 9.63 Å². The molecule has 0 radical (unpaired) electrons. The highest BCUT2D eigenvalue weighted by Crippen LogP contribution is 2.41. The first-order valence-corrected chi connectivity index (χ1v) is 13.0. The van der Waals surface area contributed by atoms with Gasteiger partial charge in [0, 0.05) is 0 Å². The van der Waals surface area contributed by atoms with Gasteiger partial charge >= 0.3 is 5.97 Å². The smallest absolute Gasteiger partial charge is 0.307 e. The predicted octanol–water partition coefficient (Wildman–Crippen LogP) is 3.25. The van der Waals surface area contributed by atoms with Gasteiger partial charge in [-0.1, -0.05) is 70.9 Å². The van der Waals surface area contributed by atoms with Crippen LogP contribution in [-0.2, 0) is 21.4 Å². The molecule has 1 fully saturated rings. The Balaban J connectivity index is 1.72. The molecule has 12 heteroatoms. The summed E-state index contributed by atoms with van der Waals surface area (Å²) < 4.78 is 32.2. The molecule has 3 rings (SSSR count). The van der Waals surface area contributed by atoms with Crippen LogP contribution in [0.5, 0.6) is 0 Å². The molecule has 0 saturated heterocycles. The van der Waals surface area contributed by atoms with Crippen molar-refractivity contribution in [3.8, 4) is 0 Å². The van der Waals surface area contributed by atoms with Crippen LogP contribution in [0.4, 0.5) is 0 Å². The number of aliphatic carboxylic acids is 1. The maximum atomic E-state index is 12.2. The second kappa shape index (κ2) is 10.7. The zero-order valence-corrected chi connectivity index (χ0v) is 20.3. The van der Waals surface area contributed by atoms with E-state index in [1.165, 1.54) is 32.1 Å². The molecule has 1 aliphatic rings. The Kier molecular flexibility index (Phi) is 8.22. The molecule has 184 valence electrons. The summed E-state index contributed by atoms with van der Waals surface area (Å²) in [6.45, 7) is 5.46. The van der Waals surface area contributed by atoms with Crippen molar-refractivity contribution in [2.45, 2.75) is 89.8 Å². The van der Waals surface area contributed by atoms with Crippen molar-refractivity contribution in [2.75, 3.05) is 0 Å². The Labute approximate surface area is 194 Å². The molecule has 0 aromatic carbocycles. The highest BCUT2D eigenvalue weighted by molar-refractivity contribution is 7.89. The molecule has 0 spiro atoms. The Hall–Kier alpha value is -2.34. The van der Waals surface area contributed by atoms with E-state index in [4.69, 9.17) is 4.52 Å². The number of aromatic nitrogens is 5. The van der Waals surface area contributed by atoms with Crippen LogP contribution >= 0.6 is 0 Å². The van der Waals surface area contributed by atoms with Gasteiger partial charge in [-0.3, -0.25) is 4.79 Å². The molecule has 33 heavy (non-hydrogen) atoms. The highest BCUT2D eigenvalue weighted by atomic mass is 32.2. The molecule has 3 N–H and O–H groups in total. The number of nitrogens with zero attached hydrogens (tertiary/aromatic N) is 4. The second-order valence-electron chi connectivity index (χ2n) is 9.89. The van der Waals surface area contributed by atoms with Crippen molar-refractivity contribution in [1.29, 1.82) is 0 Å². The fourth-order valence-corrected chi connectivity index (χ4v) is 5.54. The molecule has 0 amide bonds. The summed E-state index contributed by atoms with van der Waals surface area (Å²) >= 11 is 0. The van der Waals surface area contributed by atoms with Crippen LogP contribution in [0.2, 0.25) is 0 Å². The predicted molar refractivity (Wildman–Crippen MR) is 118 cm³/mol. The van der Waals surface area contributed by atoms with Crippen LogP contribution in [0, 0.1) is 17.3 Å². The van der Waals surface area contributed by atoms with Gasteiger partial charge in [-0.2, -0.15) is 10.1 Å². The zero-order valence-electron chi connectivity index (χ0n) is 19.5. The third-order valence-electron chi connectivity index (χ3n) is 6.32. The fraction of sp³-hybridized carbons (Fsp3) is 0.762. The summed E-state index contributed by atoms with van der Waals surface area (Å²) in [7, 11) is -3.90. The lowest BCUT2D eigenvalue weighted by molar-refractivity contribution is -0.147. The Morgan fingerprint density at radius 2 is 2.03 bits per heavy atom. The van der Waals surface area contributed by atoms with Gasteiger partial charge in [0.15, 0.2) is 5.82 Å². The summed E-state index contributed by atoms with van der Waals surface area (Å²) in [5.41, 5.74) is -0.524. The van der Waals surface area contributed by atoms with Crippen molar-refractivity contribution in [2.24, 2.45) is 17.3 Å². The molecule has 0 bridgehead atoms. The number of carbonyl (C=O) groups is 1. The maximum Gasteiger partial charge on any atom is 0.307 e. The second-order valence-corrected chi connectivity index (χ2v) is 11.6. The molecule has 1 unspecified atom stereocenters. The van der Waals surface area contributed by atoms with Crippen LogP contribution < -0.4 is 4.72 Å². The molecule has 2 heterocycles. The lowest BCUT2D eigenvalue weighted by Crippen LogP contribution is -2.34. The molecule has 2 aromatic rings. The number of aromatic amines is 1. The Morgan fingerprint density at radius 1 is 1.30 bits per heavy atom. The number of carboxylic acids is 1. The summed E-state index contributed by atoms with van der Waals surface area (Å²) in [5.74, 6) is -1.03. The van der Waals surface area contributed by atoms with Crippen molar-refractivity contribution < 1.29 is 22.8 Å². The molecular weight excluding hydrogens is 448 g/mol. The number of H-pyrrole nitrogens is 1. The van der Waals surface area contributed by atoms with E-state index >= 15 is 0 Å². The molecule has 2 aromatic heterocycles. The van der Waals surface area contributed by atoms with Gasteiger partial charge in [0.25, 0.3) is 15.2 Å². The van der Waals surface area contributed by atoms with Gasteiger partial charge in [-0.25, -0.2) is 23.2 Å². The van der Waals surface area contributed by atoms with Gasteiger partial charge in [0.05, 0.1) is 18.4 Å². The van der Waals surface area contributed by atoms with E-state index in [1.54, 1.807) is 0 Å². The first-order valence-electron chi connectivity index (χ1n) is 11.5. The molecular formula is C21H34N6O5S. The zero-order chi connectivity index (χ0) is 24.1. The maximum absolute atomic E-state index is 12.2. The minimum Gasteiger partial charge on any atom is -0.481 e. The third-order valence-corrected chi connectivity index (χ3v) is 7.55. The molecule has 0 aliphatic heterocycles. The average Bonchev–Trinajstić information content (AvgIpc) is 3.44. The van der Waals surface area contributed by atoms with Crippen molar-refractivity contribution in [3.05, 3.63) is 18.0 Å². The van der Waals surface area contributed by atoms with E-state index in [0.717, 1.165) is 19.2 Å². The number of hydrogen-bond acceptors (Lipinski definition) is 8. The molecule has 1 aliphatic carbocycles. The largest absolute Gasteiger partial charge is 0.481 e. The van der Waals surface area contributed by atoms with Crippen molar-refractivity contribution in [3.63, 3.8) is 0 Å². The summed E-state index contributed by atoms with van der Waals surface area (Å²) in [6.07, 6.45) is 9.97. The monoisotopic (exact) mass is 482 g/mol. The van der Waals surface area contributed by atoms with E-state index in [9.17, 15) is 18.3 Å². The van der Waals surface area contributed by atoms with Crippen LogP contribution in [0.1, 0.15) is 89.8 Å². The number of rotatable bonds is 11. The third kappa shape index (κ3) is 6.83. The first kappa shape index (κ1) is 25.3. The molecule has 2 atom stereocenters. The Morgan fingerprint density at radius 3 is 2.64 bits per heavy atom. The minimum absolute atomic E-state index is 0.128. The normalized spacial score (nSPS) is 17.7. The molecule has 11 nitrogen and oxygen atoms in total. The standard InChI is InChI=1S/C21H34N6O5S/c1-21(2,3)17(19(28)29)15(11-7-10-14-8-5-4-6-9-14)18-25-16(27-32-18)12-24-33(30,31)20-22-13-23-26-20/h13-15,17,24H,4-12H2,1-3H3,(H,28,29)(H,22,23,26)/t15-,17?/m1/s1. The lowest BCUT2D eigenvalue weighted by atomic mass is 9.71. The average molecular weight is 483 g/mol. The van der Waals surface area contributed by atoms with E-state index in [0.29, 0.717) is 12.3 Å². The number of carboxylic acid groups (broad SMARTS) is 1. The van der Waals surface area contributed by atoms with E-state index in [-0.39, 0.29) is 23.4 Å². The fourth-order valence-electron chi connectivity index (χ4n) is 4.72. The van der Waals surface area contributed by atoms with E-state index in [1.807, 2.05) is 20.8 Å².